The van der Waals surface area contributed by atoms with Gasteiger partial charge in [-0.25, -0.2) is 0 Å². The van der Waals surface area contributed by atoms with Crippen molar-refractivity contribution in [2.24, 2.45) is 0 Å². The van der Waals surface area contributed by atoms with Crippen LogP contribution in [0.15, 0.2) is 0 Å². The molecule has 25 heavy (non-hydrogen) atoms. The maximum absolute atomic E-state index is 9.49. The minimum atomic E-state index is -0.839. The van der Waals surface area contributed by atoms with Gasteiger partial charge in [0.25, 0.3) is 0 Å². The minimum Gasteiger partial charge on any atom is -0.369 e. The van der Waals surface area contributed by atoms with Crippen LogP contribution in [0.25, 0.3) is 0 Å². The molecular formula is C22H44Br2O. The van der Waals surface area contributed by atoms with E-state index in [0.29, 0.717) is 0 Å². The summed E-state index contributed by atoms with van der Waals surface area (Å²) in [5.74, 6) is 0. The number of rotatable bonds is 20. The zero-order valence-electron chi connectivity index (χ0n) is 16.8. The van der Waals surface area contributed by atoms with E-state index in [-0.39, 0.29) is 0 Å². The summed E-state index contributed by atoms with van der Waals surface area (Å²) in [4.78, 5) is 0. The van der Waals surface area contributed by atoms with Gasteiger partial charge in [0.1, 0.15) is 0 Å². The van der Waals surface area contributed by atoms with Gasteiger partial charge in [-0.15, -0.1) is 0 Å². The Morgan fingerprint density at radius 3 is 0.960 bits per heavy atom. The van der Waals surface area contributed by atoms with Gasteiger partial charge in [0.15, 0.2) is 3.42 Å². The molecule has 0 aromatic carbocycles. The van der Waals surface area contributed by atoms with Gasteiger partial charge in [0.05, 0.1) is 0 Å². The molecule has 0 atom stereocenters. The molecule has 0 heterocycles. The number of halogens is 2. The molecule has 0 radical (unpaired) electrons. The zero-order valence-corrected chi connectivity index (χ0v) is 20.0. The first-order chi connectivity index (χ1) is 12.1. The van der Waals surface area contributed by atoms with Crippen LogP contribution in [0.5, 0.6) is 0 Å². The highest BCUT2D eigenvalue weighted by molar-refractivity contribution is 9.25. The van der Waals surface area contributed by atoms with E-state index in [1.165, 1.54) is 116 Å². The van der Waals surface area contributed by atoms with E-state index in [4.69, 9.17) is 0 Å². The summed E-state index contributed by atoms with van der Waals surface area (Å²) < 4.78 is -0.839. The van der Waals surface area contributed by atoms with Gasteiger partial charge >= 0.3 is 0 Å². The molecule has 0 aliphatic rings. The summed E-state index contributed by atoms with van der Waals surface area (Å²) in [7, 11) is 0. The van der Waals surface area contributed by atoms with E-state index in [1.807, 2.05) is 0 Å². The van der Waals surface area contributed by atoms with Crippen LogP contribution >= 0.6 is 31.9 Å². The van der Waals surface area contributed by atoms with Gasteiger partial charge in [-0.3, -0.25) is 0 Å². The van der Waals surface area contributed by atoms with E-state index in [1.54, 1.807) is 0 Å². The number of aliphatic hydroxyl groups is 1. The lowest BCUT2D eigenvalue weighted by molar-refractivity contribution is 0.229. The predicted molar refractivity (Wildman–Crippen MR) is 121 cm³/mol. The zero-order chi connectivity index (χ0) is 18.6. The van der Waals surface area contributed by atoms with Gasteiger partial charge in [-0.1, -0.05) is 122 Å². The first kappa shape index (κ1) is 25.9. The summed E-state index contributed by atoms with van der Waals surface area (Å²) in [6.07, 6.45) is 27.4. The molecule has 152 valence electrons. The molecule has 0 spiro atoms. The van der Waals surface area contributed by atoms with Crippen LogP contribution in [0.3, 0.4) is 0 Å². The Hall–Kier alpha value is 0.920. The molecule has 0 fully saturated rings. The normalized spacial score (nSPS) is 12.0. The average Bonchev–Trinajstić information content (AvgIpc) is 2.56. The van der Waals surface area contributed by atoms with E-state index < -0.39 is 3.42 Å². The molecule has 0 aliphatic heterocycles. The molecule has 0 rings (SSSR count). The first-order valence-corrected chi connectivity index (χ1v) is 12.7. The molecule has 0 amide bonds. The Balaban J connectivity index is 3.01. The topological polar surface area (TPSA) is 20.2 Å². The summed E-state index contributed by atoms with van der Waals surface area (Å²) in [6.45, 7) is 2.29. The van der Waals surface area contributed by atoms with E-state index in [0.717, 1.165) is 12.8 Å². The Morgan fingerprint density at radius 2 is 0.720 bits per heavy atom. The van der Waals surface area contributed by atoms with Gasteiger partial charge in [-0.2, -0.15) is 0 Å². The monoisotopic (exact) mass is 482 g/mol. The third-order valence-electron chi connectivity index (χ3n) is 5.08. The van der Waals surface area contributed by atoms with Crippen molar-refractivity contribution < 1.29 is 5.11 Å². The molecule has 0 aromatic heterocycles. The number of hydrogen-bond donors (Lipinski definition) is 1. The quantitative estimate of drug-likeness (QED) is 0.135. The Labute approximate surface area is 175 Å². The van der Waals surface area contributed by atoms with Crippen molar-refractivity contribution in [1.82, 2.24) is 0 Å². The lowest BCUT2D eigenvalue weighted by Crippen LogP contribution is -2.08. The molecule has 1 nitrogen and oxygen atoms in total. The largest absolute Gasteiger partial charge is 0.369 e. The van der Waals surface area contributed by atoms with Crippen molar-refractivity contribution in [3.05, 3.63) is 0 Å². The maximum Gasteiger partial charge on any atom is 0.174 e. The average molecular weight is 484 g/mol. The Bertz CT molecular complexity index is 251. The number of hydrogen-bond acceptors (Lipinski definition) is 1. The molecule has 0 aliphatic carbocycles. The third-order valence-corrected chi connectivity index (χ3v) is 5.87. The predicted octanol–water partition coefficient (Wildman–Crippen LogP) is 9.24. The summed E-state index contributed by atoms with van der Waals surface area (Å²) in [5.41, 5.74) is 0. The highest BCUT2D eigenvalue weighted by Gasteiger charge is 2.15. The van der Waals surface area contributed by atoms with E-state index in [2.05, 4.69) is 38.8 Å². The summed E-state index contributed by atoms with van der Waals surface area (Å²) in [5, 5.41) is 9.49. The fourth-order valence-electron chi connectivity index (χ4n) is 3.42. The second kappa shape index (κ2) is 19.7. The smallest absolute Gasteiger partial charge is 0.174 e. The molecule has 0 saturated heterocycles. The lowest BCUT2D eigenvalue weighted by Gasteiger charge is -2.11. The van der Waals surface area contributed by atoms with Crippen molar-refractivity contribution in [3.63, 3.8) is 0 Å². The first-order valence-electron chi connectivity index (χ1n) is 11.2. The van der Waals surface area contributed by atoms with Gasteiger partial charge < -0.3 is 5.11 Å². The van der Waals surface area contributed by atoms with Crippen LogP contribution in [0.4, 0.5) is 0 Å². The fraction of sp³-hybridized carbons (Fsp3) is 1.00. The highest BCUT2D eigenvalue weighted by Crippen LogP contribution is 2.28. The van der Waals surface area contributed by atoms with Crippen molar-refractivity contribution in [2.75, 3.05) is 0 Å². The molecule has 0 unspecified atom stereocenters. The van der Waals surface area contributed by atoms with Gasteiger partial charge in [0, 0.05) is 0 Å². The highest BCUT2D eigenvalue weighted by atomic mass is 79.9. The van der Waals surface area contributed by atoms with Crippen molar-refractivity contribution in [3.8, 4) is 0 Å². The van der Waals surface area contributed by atoms with Crippen LogP contribution in [0, 0.1) is 0 Å². The van der Waals surface area contributed by atoms with E-state index >= 15 is 0 Å². The molecule has 0 aromatic rings. The molecule has 0 saturated carbocycles. The number of unbranched alkanes of at least 4 members (excludes halogenated alkanes) is 18. The second-order valence-electron chi connectivity index (χ2n) is 7.78. The van der Waals surface area contributed by atoms with E-state index in [9.17, 15) is 5.11 Å². The van der Waals surface area contributed by atoms with Crippen molar-refractivity contribution >= 4 is 31.9 Å². The standard InChI is InChI=1S/C22H44Br2O/c1-2-3-4-5-6-7-8-9-10-11-12-13-14-15-16-17-18-19-20-21-22(23,24)25/h25H,2-21H2,1H3. The van der Waals surface area contributed by atoms with Crippen LogP contribution < -0.4 is 0 Å². The summed E-state index contributed by atoms with van der Waals surface area (Å²) >= 11 is 6.41. The third kappa shape index (κ3) is 24.9. The van der Waals surface area contributed by atoms with Crippen LogP contribution in [-0.4, -0.2) is 8.53 Å². The molecular weight excluding hydrogens is 440 g/mol. The van der Waals surface area contributed by atoms with Crippen LogP contribution in [-0.2, 0) is 0 Å². The molecule has 1 N–H and O–H groups in total. The van der Waals surface area contributed by atoms with Gasteiger partial charge in [-0.05, 0) is 44.7 Å². The number of alkyl halides is 2. The van der Waals surface area contributed by atoms with Gasteiger partial charge in [0.2, 0.25) is 0 Å². The molecule has 3 heteroatoms. The Kier molecular flexibility index (Phi) is 20.4. The fourth-order valence-corrected chi connectivity index (χ4v) is 3.98. The second-order valence-corrected chi connectivity index (χ2v) is 11.5. The Morgan fingerprint density at radius 1 is 0.480 bits per heavy atom. The SMILES string of the molecule is CCCCCCCCCCCCCCCCCCCCCC(O)(Br)Br. The van der Waals surface area contributed by atoms with Crippen LogP contribution in [0.2, 0.25) is 0 Å². The lowest BCUT2D eigenvalue weighted by atomic mass is 10.0. The van der Waals surface area contributed by atoms with Crippen LogP contribution in [0.1, 0.15) is 135 Å². The molecule has 0 bridgehead atoms. The minimum absolute atomic E-state index is 0.784. The van der Waals surface area contributed by atoms with Crippen molar-refractivity contribution in [1.29, 1.82) is 0 Å². The van der Waals surface area contributed by atoms with Crippen molar-refractivity contribution in [2.45, 2.75) is 139 Å². The summed E-state index contributed by atoms with van der Waals surface area (Å²) in [6, 6.07) is 0. The maximum atomic E-state index is 9.49.